The van der Waals surface area contributed by atoms with Gasteiger partial charge in [0.05, 0.1) is 28.3 Å². The fourth-order valence-electron chi connectivity index (χ4n) is 5.75. The minimum Gasteiger partial charge on any atom is -0.314 e. The molecule has 0 saturated carbocycles. The molecule has 43 heavy (non-hydrogen) atoms. The maximum absolute atomic E-state index is 14.3. The van der Waals surface area contributed by atoms with Crippen molar-refractivity contribution in [2.24, 2.45) is 0 Å². The Morgan fingerprint density at radius 2 is 1.53 bits per heavy atom. The van der Waals surface area contributed by atoms with Crippen LogP contribution in [-0.4, -0.2) is 27.0 Å². The third-order valence-electron chi connectivity index (χ3n) is 7.90. The molecular formula is C37H34N4O2. The summed E-state index contributed by atoms with van der Waals surface area (Å²) in [4.78, 5) is 35.3. The number of hydrogen-bond acceptors (Lipinski definition) is 3. The molecule has 6 nitrogen and oxygen atoms in total. The fourth-order valence-corrected chi connectivity index (χ4v) is 5.75. The standard InChI is InChI=1S/C37H34N4O2/c1-3-34(35-38-33-21-10-9-20-31(33)36(42)41(35)29-18-11-13-26(2)25-29)40(24-23-27-14-5-4-6-15-27)37(43)39-32-22-12-17-28-16-7-8-19-30(28)32/h4-22,25,34H,3,23-24H2,1-2H3,(H,39,43). The number of carbonyl (C=O) groups is 1. The van der Waals surface area contributed by atoms with Gasteiger partial charge in [-0.2, -0.15) is 0 Å². The third kappa shape index (κ3) is 5.77. The van der Waals surface area contributed by atoms with Gasteiger partial charge in [0.1, 0.15) is 5.82 Å². The number of amides is 2. The molecule has 6 aromatic rings. The molecule has 0 fully saturated rings. The first-order valence-corrected chi connectivity index (χ1v) is 14.7. The van der Waals surface area contributed by atoms with Gasteiger partial charge in [-0.15, -0.1) is 0 Å². The Labute approximate surface area is 251 Å². The molecule has 0 radical (unpaired) electrons. The highest BCUT2D eigenvalue weighted by molar-refractivity contribution is 6.01. The van der Waals surface area contributed by atoms with Crippen LogP contribution in [0.1, 0.15) is 36.3 Å². The summed E-state index contributed by atoms with van der Waals surface area (Å²) < 4.78 is 1.68. The number of urea groups is 1. The van der Waals surface area contributed by atoms with Crippen LogP contribution in [0.3, 0.4) is 0 Å². The van der Waals surface area contributed by atoms with Crippen molar-refractivity contribution in [3.63, 3.8) is 0 Å². The topological polar surface area (TPSA) is 67.2 Å². The van der Waals surface area contributed by atoms with Gasteiger partial charge in [-0.1, -0.05) is 97.9 Å². The molecule has 6 rings (SSSR count). The molecule has 1 aromatic heterocycles. The number of nitrogens with one attached hydrogen (secondary N) is 1. The molecule has 1 unspecified atom stereocenters. The van der Waals surface area contributed by atoms with Gasteiger partial charge in [-0.25, -0.2) is 9.78 Å². The molecule has 1 heterocycles. The number of anilines is 1. The second-order valence-electron chi connectivity index (χ2n) is 10.8. The van der Waals surface area contributed by atoms with E-state index in [0.717, 1.165) is 33.3 Å². The Morgan fingerprint density at radius 3 is 2.33 bits per heavy atom. The molecule has 2 amide bonds. The lowest BCUT2D eigenvalue weighted by Crippen LogP contribution is -2.42. The second kappa shape index (κ2) is 12.3. The first-order valence-electron chi connectivity index (χ1n) is 14.7. The summed E-state index contributed by atoms with van der Waals surface area (Å²) in [6.45, 7) is 4.48. The van der Waals surface area contributed by atoms with Crippen molar-refractivity contribution >= 4 is 33.4 Å². The summed E-state index contributed by atoms with van der Waals surface area (Å²) in [6.07, 6.45) is 1.22. The van der Waals surface area contributed by atoms with Gasteiger partial charge in [0, 0.05) is 11.9 Å². The smallest absolute Gasteiger partial charge is 0.314 e. The van der Waals surface area contributed by atoms with Crippen LogP contribution in [0.4, 0.5) is 10.5 Å². The van der Waals surface area contributed by atoms with Crippen molar-refractivity contribution in [3.8, 4) is 5.69 Å². The van der Waals surface area contributed by atoms with Crippen LogP contribution in [0.15, 0.2) is 126 Å². The summed E-state index contributed by atoms with van der Waals surface area (Å²) in [6, 6.07) is 38.6. The molecular weight excluding hydrogens is 532 g/mol. The van der Waals surface area contributed by atoms with Gasteiger partial charge in [0.25, 0.3) is 5.56 Å². The number of rotatable bonds is 8. The van der Waals surface area contributed by atoms with Crippen LogP contribution in [-0.2, 0) is 6.42 Å². The zero-order chi connectivity index (χ0) is 29.8. The minimum atomic E-state index is -0.475. The molecule has 6 heteroatoms. The van der Waals surface area contributed by atoms with Crippen LogP contribution in [0.5, 0.6) is 0 Å². The van der Waals surface area contributed by atoms with Crippen LogP contribution < -0.4 is 10.9 Å². The Hall–Kier alpha value is -5.23. The predicted molar refractivity (Wildman–Crippen MR) is 175 cm³/mol. The number of hydrogen-bond donors (Lipinski definition) is 1. The molecule has 1 atom stereocenters. The van der Waals surface area contributed by atoms with E-state index in [-0.39, 0.29) is 11.6 Å². The van der Waals surface area contributed by atoms with E-state index in [2.05, 4.69) is 17.4 Å². The largest absolute Gasteiger partial charge is 0.322 e. The highest BCUT2D eigenvalue weighted by Crippen LogP contribution is 2.29. The van der Waals surface area contributed by atoms with E-state index in [9.17, 15) is 9.59 Å². The maximum atomic E-state index is 14.3. The number of benzene rings is 5. The number of aryl methyl sites for hydroxylation is 1. The van der Waals surface area contributed by atoms with Crippen molar-refractivity contribution < 1.29 is 4.79 Å². The van der Waals surface area contributed by atoms with E-state index in [0.29, 0.717) is 36.1 Å². The number of para-hydroxylation sites is 1. The van der Waals surface area contributed by atoms with Crippen LogP contribution >= 0.6 is 0 Å². The maximum Gasteiger partial charge on any atom is 0.322 e. The average Bonchev–Trinajstić information content (AvgIpc) is 3.03. The second-order valence-corrected chi connectivity index (χ2v) is 10.8. The third-order valence-corrected chi connectivity index (χ3v) is 7.90. The summed E-state index contributed by atoms with van der Waals surface area (Å²) in [5, 5.41) is 5.75. The zero-order valence-corrected chi connectivity index (χ0v) is 24.4. The molecule has 0 bridgehead atoms. The Balaban J connectivity index is 1.48. The predicted octanol–water partition coefficient (Wildman–Crippen LogP) is 8.08. The number of carbonyl (C=O) groups excluding carboxylic acids is 1. The van der Waals surface area contributed by atoms with Crippen LogP contribution in [0.2, 0.25) is 0 Å². The highest BCUT2D eigenvalue weighted by Gasteiger charge is 2.29. The number of nitrogens with zero attached hydrogens (tertiary/aromatic N) is 3. The van der Waals surface area contributed by atoms with Gasteiger partial charge < -0.3 is 10.2 Å². The van der Waals surface area contributed by atoms with Gasteiger partial charge in [0.15, 0.2) is 0 Å². The molecule has 0 aliphatic heterocycles. The summed E-state index contributed by atoms with van der Waals surface area (Å²) in [5.74, 6) is 0.540. The Bertz CT molecular complexity index is 1960. The zero-order valence-electron chi connectivity index (χ0n) is 24.4. The summed E-state index contributed by atoms with van der Waals surface area (Å²) in [7, 11) is 0. The van der Waals surface area contributed by atoms with Crippen LogP contribution in [0, 0.1) is 6.92 Å². The van der Waals surface area contributed by atoms with E-state index in [1.54, 1.807) is 4.57 Å². The first kappa shape index (κ1) is 27.9. The van der Waals surface area contributed by atoms with Crippen molar-refractivity contribution in [2.45, 2.75) is 32.7 Å². The molecule has 0 aliphatic rings. The van der Waals surface area contributed by atoms with Gasteiger partial charge in [-0.05, 0) is 66.6 Å². The lowest BCUT2D eigenvalue weighted by molar-refractivity contribution is 0.182. The SMILES string of the molecule is CCC(c1nc2ccccc2c(=O)n1-c1cccc(C)c1)N(CCc1ccccc1)C(=O)Nc1cccc2ccccc12. The molecule has 5 aromatic carbocycles. The lowest BCUT2D eigenvalue weighted by atomic mass is 10.1. The number of fused-ring (bicyclic) bond motifs is 2. The van der Waals surface area contributed by atoms with E-state index < -0.39 is 6.04 Å². The van der Waals surface area contributed by atoms with Crippen molar-refractivity contribution in [3.05, 3.63) is 149 Å². The van der Waals surface area contributed by atoms with Gasteiger partial charge in [0.2, 0.25) is 0 Å². The molecule has 1 N–H and O–H groups in total. The monoisotopic (exact) mass is 566 g/mol. The Kier molecular flexibility index (Phi) is 8.01. The van der Waals surface area contributed by atoms with Crippen molar-refractivity contribution in [1.82, 2.24) is 14.5 Å². The minimum absolute atomic E-state index is 0.151. The van der Waals surface area contributed by atoms with E-state index >= 15 is 0 Å². The normalized spacial score (nSPS) is 11.9. The first-order chi connectivity index (χ1) is 21.0. The molecule has 0 saturated heterocycles. The average molecular weight is 567 g/mol. The molecule has 214 valence electrons. The van der Waals surface area contributed by atoms with Crippen molar-refractivity contribution in [1.29, 1.82) is 0 Å². The lowest BCUT2D eigenvalue weighted by Gasteiger charge is -2.32. The highest BCUT2D eigenvalue weighted by atomic mass is 16.2. The summed E-state index contributed by atoms with van der Waals surface area (Å²) >= 11 is 0. The number of aromatic nitrogens is 2. The van der Waals surface area contributed by atoms with E-state index in [1.807, 2.05) is 128 Å². The van der Waals surface area contributed by atoms with Crippen molar-refractivity contribution in [2.75, 3.05) is 11.9 Å². The van der Waals surface area contributed by atoms with Gasteiger partial charge >= 0.3 is 6.03 Å². The van der Waals surface area contributed by atoms with E-state index in [1.165, 1.54) is 0 Å². The van der Waals surface area contributed by atoms with Gasteiger partial charge in [-0.3, -0.25) is 9.36 Å². The molecule has 0 spiro atoms. The molecule has 0 aliphatic carbocycles. The van der Waals surface area contributed by atoms with Crippen LogP contribution in [0.25, 0.3) is 27.4 Å². The quantitative estimate of drug-likeness (QED) is 0.203. The van der Waals surface area contributed by atoms with E-state index in [4.69, 9.17) is 4.98 Å². The fraction of sp³-hybridized carbons (Fsp3) is 0.162. The summed E-state index contributed by atoms with van der Waals surface area (Å²) in [5.41, 5.74) is 4.10. The Morgan fingerprint density at radius 1 is 0.837 bits per heavy atom.